The SMILES string of the molecule is CCCc1cc(N2C[C@@H]3CCC[C@@]3(C(=O)O)C2)n2ncnc2n1. The third kappa shape index (κ3) is 2.09. The van der Waals surface area contributed by atoms with Gasteiger partial charge in [-0.1, -0.05) is 19.8 Å². The van der Waals surface area contributed by atoms with Gasteiger partial charge in [-0.2, -0.15) is 14.6 Å². The summed E-state index contributed by atoms with van der Waals surface area (Å²) in [4.78, 5) is 22.8. The third-order valence-corrected chi connectivity index (χ3v) is 5.41. The maximum absolute atomic E-state index is 11.9. The number of carbonyl (C=O) groups is 1. The molecule has 2 atom stereocenters. The normalized spacial score (nSPS) is 26.8. The summed E-state index contributed by atoms with van der Waals surface area (Å²) in [5.74, 6) is 1.08. The summed E-state index contributed by atoms with van der Waals surface area (Å²) in [6.07, 6.45) is 6.19. The van der Waals surface area contributed by atoms with Crippen molar-refractivity contribution >= 4 is 17.6 Å². The van der Waals surface area contributed by atoms with Crippen molar-refractivity contribution in [2.24, 2.45) is 11.3 Å². The summed E-state index contributed by atoms with van der Waals surface area (Å²) in [5, 5.41) is 14.1. The quantitative estimate of drug-likeness (QED) is 0.925. The first-order valence-corrected chi connectivity index (χ1v) is 8.32. The highest BCUT2D eigenvalue weighted by molar-refractivity contribution is 5.78. The number of anilines is 1. The van der Waals surface area contributed by atoms with Crippen LogP contribution in [-0.2, 0) is 11.2 Å². The van der Waals surface area contributed by atoms with Crippen molar-refractivity contribution in [1.29, 1.82) is 0 Å². The van der Waals surface area contributed by atoms with Gasteiger partial charge in [0.25, 0.3) is 5.78 Å². The van der Waals surface area contributed by atoms with Crippen molar-refractivity contribution in [3.8, 4) is 0 Å². The van der Waals surface area contributed by atoms with Crippen LogP contribution >= 0.6 is 0 Å². The number of carboxylic acid groups (broad SMARTS) is 1. The van der Waals surface area contributed by atoms with Gasteiger partial charge in [-0.3, -0.25) is 4.79 Å². The monoisotopic (exact) mass is 315 g/mol. The molecule has 2 aromatic heterocycles. The molecule has 0 unspecified atom stereocenters. The molecule has 2 aliphatic rings. The number of aromatic nitrogens is 4. The molecule has 4 rings (SSSR count). The van der Waals surface area contributed by atoms with Gasteiger partial charge in [0.05, 0.1) is 5.41 Å². The average Bonchev–Trinajstić information content (AvgIpc) is 3.20. The Balaban J connectivity index is 1.75. The minimum atomic E-state index is -0.653. The van der Waals surface area contributed by atoms with Crippen LogP contribution in [-0.4, -0.2) is 43.7 Å². The van der Waals surface area contributed by atoms with Gasteiger partial charge < -0.3 is 10.0 Å². The molecule has 3 heterocycles. The van der Waals surface area contributed by atoms with Crippen molar-refractivity contribution in [1.82, 2.24) is 19.6 Å². The van der Waals surface area contributed by atoms with Crippen LogP contribution < -0.4 is 4.90 Å². The van der Waals surface area contributed by atoms with E-state index in [0.29, 0.717) is 12.3 Å². The molecule has 1 aliphatic carbocycles. The van der Waals surface area contributed by atoms with E-state index in [-0.39, 0.29) is 5.92 Å². The molecule has 0 radical (unpaired) electrons. The smallest absolute Gasteiger partial charge is 0.311 e. The van der Waals surface area contributed by atoms with Crippen LogP contribution in [0.2, 0.25) is 0 Å². The van der Waals surface area contributed by atoms with E-state index in [2.05, 4.69) is 26.9 Å². The number of aryl methyl sites for hydroxylation is 1. The second-order valence-corrected chi connectivity index (χ2v) is 6.76. The largest absolute Gasteiger partial charge is 0.481 e. The van der Waals surface area contributed by atoms with E-state index in [4.69, 9.17) is 0 Å². The fraction of sp³-hybridized carbons (Fsp3) is 0.625. The topological polar surface area (TPSA) is 83.6 Å². The summed E-state index contributed by atoms with van der Waals surface area (Å²) < 4.78 is 1.73. The summed E-state index contributed by atoms with van der Waals surface area (Å²) in [7, 11) is 0. The summed E-state index contributed by atoms with van der Waals surface area (Å²) in [6.45, 7) is 3.45. The summed E-state index contributed by atoms with van der Waals surface area (Å²) in [5.41, 5.74) is 0.394. The molecule has 0 spiro atoms. The van der Waals surface area contributed by atoms with E-state index in [1.54, 1.807) is 4.52 Å². The lowest BCUT2D eigenvalue weighted by Crippen LogP contribution is -2.36. The average molecular weight is 315 g/mol. The second-order valence-electron chi connectivity index (χ2n) is 6.76. The highest BCUT2D eigenvalue weighted by Gasteiger charge is 2.55. The number of fused-ring (bicyclic) bond motifs is 2. The van der Waals surface area contributed by atoms with E-state index >= 15 is 0 Å². The first-order valence-electron chi connectivity index (χ1n) is 8.32. The Morgan fingerprint density at radius 3 is 3.13 bits per heavy atom. The lowest BCUT2D eigenvalue weighted by atomic mass is 9.81. The molecule has 1 saturated heterocycles. The molecule has 7 heteroatoms. The molecule has 2 fully saturated rings. The molecule has 0 aromatic carbocycles. The number of nitrogens with zero attached hydrogens (tertiary/aromatic N) is 5. The van der Waals surface area contributed by atoms with E-state index < -0.39 is 11.4 Å². The van der Waals surface area contributed by atoms with Crippen LogP contribution in [0.4, 0.5) is 5.82 Å². The molecule has 23 heavy (non-hydrogen) atoms. The van der Waals surface area contributed by atoms with Gasteiger partial charge in [-0.25, -0.2) is 4.98 Å². The highest BCUT2D eigenvalue weighted by Crippen LogP contribution is 2.49. The summed E-state index contributed by atoms with van der Waals surface area (Å²) >= 11 is 0. The molecule has 1 aliphatic heterocycles. The maximum Gasteiger partial charge on any atom is 0.311 e. The van der Waals surface area contributed by atoms with Crippen molar-refractivity contribution in [2.75, 3.05) is 18.0 Å². The van der Waals surface area contributed by atoms with E-state index in [1.165, 1.54) is 6.33 Å². The molecular formula is C16H21N5O2. The number of hydrogen-bond donors (Lipinski definition) is 1. The Kier molecular flexibility index (Phi) is 3.25. The fourth-order valence-electron chi connectivity index (χ4n) is 4.27. The molecule has 122 valence electrons. The molecule has 1 saturated carbocycles. The van der Waals surface area contributed by atoms with Crippen LogP contribution in [0, 0.1) is 11.3 Å². The number of carboxylic acids is 1. The van der Waals surface area contributed by atoms with Gasteiger partial charge in [0.15, 0.2) is 0 Å². The zero-order chi connectivity index (χ0) is 16.0. The number of hydrogen-bond acceptors (Lipinski definition) is 5. The van der Waals surface area contributed by atoms with Crippen LogP contribution in [0.15, 0.2) is 12.4 Å². The Hall–Kier alpha value is -2.18. The van der Waals surface area contributed by atoms with Gasteiger partial charge in [0, 0.05) is 24.8 Å². The molecule has 2 aromatic rings. The van der Waals surface area contributed by atoms with E-state index in [1.807, 2.05) is 6.07 Å². The number of aliphatic carboxylic acids is 1. The fourth-order valence-corrected chi connectivity index (χ4v) is 4.27. The zero-order valence-corrected chi connectivity index (χ0v) is 13.3. The standard InChI is InChI=1S/C16H21N5O2/c1-2-4-12-7-13(21-15(19-12)17-10-18-21)20-8-11-5-3-6-16(11,9-20)14(22)23/h7,10-11H,2-6,8-9H2,1H3,(H,22,23)/t11-,16+/m0/s1. The van der Waals surface area contributed by atoms with Gasteiger partial charge in [-0.15, -0.1) is 0 Å². The van der Waals surface area contributed by atoms with Crippen molar-refractivity contribution in [2.45, 2.75) is 39.0 Å². The number of rotatable bonds is 4. The molecule has 1 N–H and O–H groups in total. The Bertz CT molecular complexity index is 758. The Morgan fingerprint density at radius 2 is 2.39 bits per heavy atom. The van der Waals surface area contributed by atoms with Crippen LogP contribution in [0.25, 0.3) is 5.78 Å². The Morgan fingerprint density at radius 1 is 1.52 bits per heavy atom. The van der Waals surface area contributed by atoms with Crippen LogP contribution in [0.1, 0.15) is 38.3 Å². The first kappa shape index (κ1) is 14.4. The zero-order valence-electron chi connectivity index (χ0n) is 13.3. The Labute approximate surface area is 134 Å². The predicted molar refractivity (Wildman–Crippen MR) is 84.4 cm³/mol. The van der Waals surface area contributed by atoms with Gasteiger partial charge in [-0.05, 0) is 25.2 Å². The minimum absolute atomic E-state index is 0.223. The minimum Gasteiger partial charge on any atom is -0.481 e. The molecule has 0 amide bonds. The van der Waals surface area contributed by atoms with Crippen LogP contribution in [0.5, 0.6) is 0 Å². The first-order chi connectivity index (χ1) is 11.1. The van der Waals surface area contributed by atoms with Crippen molar-refractivity contribution < 1.29 is 9.90 Å². The molecule has 7 nitrogen and oxygen atoms in total. The van der Waals surface area contributed by atoms with Gasteiger partial charge >= 0.3 is 5.97 Å². The maximum atomic E-state index is 11.9. The van der Waals surface area contributed by atoms with Crippen LogP contribution in [0.3, 0.4) is 0 Å². The second kappa shape index (κ2) is 5.18. The van der Waals surface area contributed by atoms with Gasteiger partial charge in [0.2, 0.25) is 0 Å². The third-order valence-electron chi connectivity index (χ3n) is 5.41. The highest BCUT2D eigenvalue weighted by atomic mass is 16.4. The van der Waals surface area contributed by atoms with Gasteiger partial charge in [0.1, 0.15) is 12.1 Å². The van der Waals surface area contributed by atoms with Crippen molar-refractivity contribution in [3.63, 3.8) is 0 Å². The molecular weight excluding hydrogens is 294 g/mol. The van der Waals surface area contributed by atoms with E-state index in [0.717, 1.165) is 50.2 Å². The lowest BCUT2D eigenvalue weighted by Gasteiger charge is -2.24. The van der Waals surface area contributed by atoms with E-state index in [9.17, 15) is 9.90 Å². The lowest BCUT2D eigenvalue weighted by molar-refractivity contribution is -0.149. The molecule has 0 bridgehead atoms. The summed E-state index contributed by atoms with van der Waals surface area (Å²) in [6, 6.07) is 2.04. The predicted octanol–water partition coefficient (Wildman–Crippen LogP) is 1.77. The van der Waals surface area contributed by atoms with Crippen molar-refractivity contribution in [3.05, 3.63) is 18.1 Å².